The first kappa shape index (κ1) is 34.7. The van der Waals surface area contributed by atoms with Crippen molar-refractivity contribution in [3.05, 3.63) is 35.9 Å². The number of carboxylic acid groups (broad SMARTS) is 1. The van der Waals surface area contributed by atoms with Crippen LogP contribution in [0.4, 0.5) is 9.59 Å². The molecule has 5 N–H and O–H groups in total. The first-order valence-electron chi connectivity index (χ1n) is 14.1. The van der Waals surface area contributed by atoms with E-state index in [0.29, 0.717) is 31.8 Å². The Kier molecular flexibility index (Phi) is 13.4. The number of benzene rings is 1. The van der Waals surface area contributed by atoms with Crippen molar-refractivity contribution in [1.82, 2.24) is 21.3 Å². The van der Waals surface area contributed by atoms with Crippen LogP contribution in [0.1, 0.15) is 86.6 Å². The maximum absolute atomic E-state index is 13.3. The molecule has 1 rings (SSSR count). The van der Waals surface area contributed by atoms with E-state index in [1.807, 2.05) is 30.3 Å². The first-order valence-corrected chi connectivity index (χ1v) is 14.1. The molecule has 0 bridgehead atoms. The maximum Gasteiger partial charge on any atom is 0.407 e. The number of carboxylic acids is 1. The van der Waals surface area contributed by atoms with E-state index in [1.165, 1.54) is 0 Å². The number of ether oxygens (including phenoxy) is 1. The molecule has 0 aliphatic rings. The predicted molar refractivity (Wildman–Crippen MR) is 156 cm³/mol. The van der Waals surface area contributed by atoms with Gasteiger partial charge in [-0.05, 0) is 63.4 Å². The summed E-state index contributed by atoms with van der Waals surface area (Å²) < 4.78 is 5.22. The summed E-state index contributed by atoms with van der Waals surface area (Å²) in [4.78, 5) is 50.8. The van der Waals surface area contributed by atoms with E-state index in [2.05, 4.69) is 35.1 Å². The van der Waals surface area contributed by atoms with E-state index in [4.69, 9.17) is 4.74 Å². The van der Waals surface area contributed by atoms with Crippen LogP contribution in [0.2, 0.25) is 0 Å². The highest BCUT2D eigenvalue weighted by molar-refractivity contribution is 5.91. The quantitative estimate of drug-likeness (QED) is 0.209. The van der Waals surface area contributed by atoms with Gasteiger partial charge in [0, 0.05) is 19.5 Å². The lowest BCUT2D eigenvalue weighted by atomic mass is 9.70. The van der Waals surface area contributed by atoms with Crippen molar-refractivity contribution < 1.29 is 29.0 Å². The number of carbonyl (C=O) groups excluding carboxylic acids is 3. The molecule has 0 saturated carbocycles. The molecule has 4 amide bonds. The van der Waals surface area contributed by atoms with Crippen LogP contribution in [0.3, 0.4) is 0 Å². The topological polar surface area (TPSA) is 146 Å². The molecule has 10 heteroatoms. The smallest absolute Gasteiger partial charge is 0.407 e. The molecule has 0 aromatic heterocycles. The molecular weight excluding hydrogens is 512 g/mol. The van der Waals surface area contributed by atoms with Gasteiger partial charge in [0.2, 0.25) is 5.91 Å². The van der Waals surface area contributed by atoms with Crippen LogP contribution in [0.5, 0.6) is 0 Å². The van der Waals surface area contributed by atoms with E-state index < -0.39 is 40.7 Å². The second-order valence-corrected chi connectivity index (χ2v) is 12.7. The molecule has 0 fully saturated rings. The van der Waals surface area contributed by atoms with Crippen molar-refractivity contribution >= 4 is 24.0 Å². The minimum atomic E-state index is -1.62. The van der Waals surface area contributed by atoms with Gasteiger partial charge in [0.15, 0.2) is 0 Å². The van der Waals surface area contributed by atoms with E-state index >= 15 is 0 Å². The van der Waals surface area contributed by atoms with Crippen LogP contribution in [0.25, 0.3) is 0 Å². The Morgan fingerprint density at radius 2 is 1.52 bits per heavy atom. The standard InChI is InChI=1S/C30H50N4O6/c1-21(2)16-19-31-24(35)23(20-22-14-10-9-11-15-22)33-26(38)34-30(25(36)37,28(3,4)5)17-12-13-18-32-27(39)40-29(6,7)8/h9-11,14-15,21,23H,12-13,16-20H2,1-8H3,(H,31,35)(H,32,39)(H,36,37)(H2,33,34,38)/t23-,30-/m1/s1. The Balaban J connectivity index is 2.96. The molecule has 10 nitrogen and oxygen atoms in total. The molecule has 2 atom stereocenters. The number of nitrogens with one attached hydrogen (secondary N) is 4. The lowest BCUT2D eigenvalue weighted by Crippen LogP contribution is -2.65. The van der Waals surface area contributed by atoms with E-state index in [1.54, 1.807) is 41.5 Å². The fourth-order valence-electron chi connectivity index (χ4n) is 4.18. The molecule has 40 heavy (non-hydrogen) atoms. The summed E-state index contributed by atoms with van der Waals surface area (Å²) in [5, 5.41) is 21.3. The number of hydrogen-bond acceptors (Lipinski definition) is 5. The first-order chi connectivity index (χ1) is 18.5. The zero-order valence-corrected chi connectivity index (χ0v) is 25.5. The summed E-state index contributed by atoms with van der Waals surface area (Å²) in [7, 11) is 0. The van der Waals surface area contributed by atoms with Crippen molar-refractivity contribution in [2.75, 3.05) is 13.1 Å². The largest absolute Gasteiger partial charge is 0.479 e. The predicted octanol–water partition coefficient (Wildman–Crippen LogP) is 4.62. The number of amides is 4. The Hall–Kier alpha value is -3.30. The van der Waals surface area contributed by atoms with Crippen molar-refractivity contribution in [2.24, 2.45) is 11.3 Å². The minimum Gasteiger partial charge on any atom is -0.479 e. The molecular formula is C30H50N4O6. The molecule has 0 heterocycles. The Bertz CT molecular complexity index is 969. The highest BCUT2D eigenvalue weighted by Crippen LogP contribution is 2.35. The summed E-state index contributed by atoms with van der Waals surface area (Å²) in [6, 6.07) is 7.70. The van der Waals surface area contributed by atoms with E-state index in [-0.39, 0.29) is 18.7 Å². The molecule has 0 unspecified atom stereocenters. The summed E-state index contributed by atoms with van der Waals surface area (Å²) in [5.41, 5.74) is -2.22. The minimum absolute atomic E-state index is 0.124. The normalized spacial score (nSPS) is 14.0. The van der Waals surface area contributed by atoms with Crippen LogP contribution >= 0.6 is 0 Å². The lowest BCUT2D eigenvalue weighted by Gasteiger charge is -2.42. The van der Waals surface area contributed by atoms with Gasteiger partial charge in [-0.15, -0.1) is 0 Å². The van der Waals surface area contributed by atoms with E-state index in [9.17, 15) is 24.3 Å². The summed E-state index contributed by atoms with van der Waals surface area (Å²) in [6.07, 6.45) is 1.55. The van der Waals surface area contributed by atoms with Crippen molar-refractivity contribution in [3.63, 3.8) is 0 Å². The highest BCUT2D eigenvalue weighted by Gasteiger charge is 2.49. The monoisotopic (exact) mass is 562 g/mol. The number of urea groups is 1. The third-order valence-electron chi connectivity index (χ3n) is 6.54. The molecule has 0 aliphatic carbocycles. The summed E-state index contributed by atoms with van der Waals surface area (Å²) >= 11 is 0. The van der Waals surface area contributed by atoms with Gasteiger partial charge in [0.25, 0.3) is 0 Å². The van der Waals surface area contributed by atoms with Crippen molar-refractivity contribution in [3.8, 4) is 0 Å². The van der Waals surface area contributed by atoms with Crippen LogP contribution in [-0.2, 0) is 20.7 Å². The Labute approximate surface area is 239 Å². The SMILES string of the molecule is CC(C)CCNC(=O)[C@@H](Cc1ccccc1)NC(=O)N[C@](CCCCNC(=O)OC(C)(C)C)(C(=O)O)C(C)(C)C. The average Bonchev–Trinajstić information content (AvgIpc) is 2.81. The van der Waals surface area contributed by atoms with Crippen molar-refractivity contribution in [2.45, 2.75) is 105 Å². The lowest BCUT2D eigenvalue weighted by molar-refractivity contribution is -0.150. The van der Waals surface area contributed by atoms with Crippen LogP contribution in [-0.4, -0.2) is 59.4 Å². The average molecular weight is 563 g/mol. The van der Waals surface area contributed by atoms with Gasteiger partial charge in [-0.3, -0.25) is 4.79 Å². The summed E-state index contributed by atoms with van der Waals surface area (Å²) in [5.74, 6) is -1.09. The molecule has 226 valence electrons. The fourth-order valence-corrected chi connectivity index (χ4v) is 4.18. The second-order valence-electron chi connectivity index (χ2n) is 12.7. The molecule has 0 spiro atoms. The number of rotatable bonds is 14. The molecule has 0 radical (unpaired) electrons. The number of alkyl carbamates (subject to hydrolysis) is 1. The van der Waals surface area contributed by atoms with Gasteiger partial charge in [-0.25, -0.2) is 14.4 Å². The molecule has 1 aromatic rings. The van der Waals surface area contributed by atoms with Gasteiger partial charge in [-0.2, -0.15) is 0 Å². The Morgan fingerprint density at radius 3 is 2.05 bits per heavy atom. The van der Waals surface area contributed by atoms with Gasteiger partial charge in [0.1, 0.15) is 17.2 Å². The van der Waals surface area contributed by atoms with E-state index in [0.717, 1.165) is 12.0 Å². The van der Waals surface area contributed by atoms with Gasteiger partial charge < -0.3 is 31.1 Å². The van der Waals surface area contributed by atoms with Crippen molar-refractivity contribution in [1.29, 1.82) is 0 Å². The maximum atomic E-state index is 13.3. The zero-order valence-electron chi connectivity index (χ0n) is 25.5. The van der Waals surface area contributed by atoms with Gasteiger partial charge in [-0.1, -0.05) is 65.0 Å². The highest BCUT2D eigenvalue weighted by atomic mass is 16.6. The summed E-state index contributed by atoms with van der Waals surface area (Å²) in [6.45, 7) is 15.5. The van der Waals surface area contributed by atoms with Crippen LogP contribution in [0.15, 0.2) is 30.3 Å². The fraction of sp³-hybridized carbons (Fsp3) is 0.667. The number of carbonyl (C=O) groups is 4. The van der Waals surface area contributed by atoms with Gasteiger partial charge >= 0.3 is 18.1 Å². The molecule has 1 aromatic carbocycles. The third-order valence-corrected chi connectivity index (χ3v) is 6.54. The molecule has 0 aliphatic heterocycles. The third kappa shape index (κ3) is 12.3. The van der Waals surface area contributed by atoms with Crippen LogP contribution in [0, 0.1) is 11.3 Å². The Morgan fingerprint density at radius 1 is 0.900 bits per heavy atom. The van der Waals surface area contributed by atoms with Gasteiger partial charge in [0.05, 0.1) is 0 Å². The second kappa shape index (κ2) is 15.5. The number of hydrogen-bond donors (Lipinski definition) is 5. The molecule has 0 saturated heterocycles. The zero-order chi connectivity index (χ0) is 30.6. The van der Waals surface area contributed by atoms with Crippen LogP contribution < -0.4 is 21.3 Å². The number of unbranched alkanes of at least 4 members (excludes halogenated alkanes) is 1. The number of aliphatic carboxylic acids is 1.